The number of aliphatic imine (C=N–C) groups is 1. The van der Waals surface area contributed by atoms with E-state index in [0.29, 0.717) is 55.5 Å². The van der Waals surface area contributed by atoms with Gasteiger partial charge in [-0.3, -0.25) is 14.4 Å². The zero-order valence-electron chi connectivity index (χ0n) is 42.2. The van der Waals surface area contributed by atoms with Crippen LogP contribution >= 0.6 is 11.3 Å². The molecule has 0 spiro atoms. The highest BCUT2D eigenvalue weighted by Gasteiger charge is 2.48. The lowest BCUT2D eigenvalue weighted by Gasteiger charge is -2.29. The predicted octanol–water partition coefficient (Wildman–Crippen LogP) is 9.04. The maximum absolute atomic E-state index is 14.4. The van der Waals surface area contributed by atoms with Crippen molar-refractivity contribution in [2.45, 2.75) is 83.9 Å². The van der Waals surface area contributed by atoms with E-state index in [1.54, 1.807) is 58.8 Å². The van der Waals surface area contributed by atoms with Crippen LogP contribution in [0.25, 0.3) is 21.6 Å². The van der Waals surface area contributed by atoms with Crippen molar-refractivity contribution < 1.29 is 43.3 Å². The van der Waals surface area contributed by atoms with Crippen LogP contribution in [0.3, 0.4) is 0 Å². The molecular formula is C57H64N6O9S. The Morgan fingerprint density at radius 1 is 0.932 bits per heavy atom. The van der Waals surface area contributed by atoms with Gasteiger partial charge < -0.3 is 44.1 Å². The number of likely N-dealkylation sites (N-methyl/N-ethyl adjacent to an activating group) is 1. The molecule has 0 saturated carbocycles. The van der Waals surface area contributed by atoms with E-state index in [-0.39, 0.29) is 61.4 Å². The van der Waals surface area contributed by atoms with E-state index in [1.165, 1.54) is 5.57 Å². The number of amidine groups is 1. The molecule has 1 saturated heterocycles. The summed E-state index contributed by atoms with van der Waals surface area (Å²) in [6.45, 7) is 11.3. The van der Waals surface area contributed by atoms with Crippen LogP contribution in [0.5, 0.6) is 17.4 Å². The number of nitrogens with zero attached hydrogens (tertiary/aromatic N) is 5. The summed E-state index contributed by atoms with van der Waals surface area (Å²) in [6, 6.07) is 34.2. The number of aryl methyl sites for hydroxylation is 1. The van der Waals surface area contributed by atoms with Gasteiger partial charge in [-0.1, -0.05) is 99.6 Å². The number of aliphatic hydroxyl groups excluding tert-OH is 1. The van der Waals surface area contributed by atoms with Crippen molar-refractivity contribution in [2.24, 2.45) is 10.9 Å². The summed E-state index contributed by atoms with van der Waals surface area (Å²) in [5.41, 5.74) is 8.71. The number of phenols is 1. The van der Waals surface area contributed by atoms with Crippen LogP contribution in [0.4, 0.5) is 0 Å². The van der Waals surface area contributed by atoms with Crippen molar-refractivity contribution >= 4 is 46.0 Å². The van der Waals surface area contributed by atoms with Gasteiger partial charge in [0.1, 0.15) is 36.5 Å². The summed E-state index contributed by atoms with van der Waals surface area (Å²) in [4.78, 5) is 54.3. The smallest absolute Gasteiger partial charge is 0.257 e. The molecule has 4 aromatic carbocycles. The number of amides is 3. The molecule has 4 atom stereocenters. The van der Waals surface area contributed by atoms with Gasteiger partial charge in [-0.15, -0.1) is 11.3 Å². The molecule has 1 fully saturated rings. The molecule has 3 N–H and O–H groups in total. The van der Waals surface area contributed by atoms with Gasteiger partial charge in [0.25, 0.3) is 11.8 Å². The van der Waals surface area contributed by atoms with E-state index in [0.717, 1.165) is 44.8 Å². The molecule has 16 heteroatoms. The number of hydrogen-bond acceptors (Lipinski definition) is 13. The molecular weight excluding hydrogens is 945 g/mol. The van der Waals surface area contributed by atoms with E-state index in [2.05, 4.69) is 34.5 Å². The Bertz CT molecular complexity index is 2900. The number of allylic oxidation sites excluding steroid dienone is 1. The number of nitrogens with one attached hydrogen (secondary N) is 1. The first-order chi connectivity index (χ1) is 35.2. The molecule has 15 nitrogen and oxygen atoms in total. The van der Waals surface area contributed by atoms with Gasteiger partial charge in [-0.2, -0.15) is 0 Å². The fraction of sp³-hybridized carbons (Fsp3) is 0.368. The van der Waals surface area contributed by atoms with Crippen molar-refractivity contribution in [3.8, 4) is 27.8 Å². The second kappa shape index (κ2) is 23.6. The van der Waals surface area contributed by atoms with Crippen molar-refractivity contribution in [3.63, 3.8) is 0 Å². The summed E-state index contributed by atoms with van der Waals surface area (Å²) >= 11 is 1.56. The van der Waals surface area contributed by atoms with E-state index in [1.807, 2.05) is 99.6 Å². The second-order valence-corrected chi connectivity index (χ2v) is 19.8. The molecule has 0 radical (unpaired) electrons. The molecule has 2 aliphatic heterocycles. The Kier molecular flexibility index (Phi) is 16.9. The molecule has 4 heterocycles. The van der Waals surface area contributed by atoms with Crippen molar-refractivity contribution in [3.05, 3.63) is 148 Å². The van der Waals surface area contributed by atoms with Crippen LogP contribution in [0.15, 0.2) is 124 Å². The summed E-state index contributed by atoms with van der Waals surface area (Å²) in [6.07, 6.45) is 1.07. The minimum absolute atomic E-state index is 0.0155. The quantitative estimate of drug-likeness (QED) is 0.0435. The number of carbonyl (C=O) groups is 3. The highest BCUT2D eigenvalue weighted by molar-refractivity contribution is 7.13. The average molecular weight is 1010 g/mol. The van der Waals surface area contributed by atoms with Crippen LogP contribution in [-0.4, -0.2) is 112 Å². The van der Waals surface area contributed by atoms with E-state index in [9.17, 15) is 24.6 Å². The first-order valence-electron chi connectivity index (χ1n) is 24.9. The molecule has 3 amide bonds. The standard InChI is InChI=1S/C57H64N6O9S/c1-7-46(38-12-9-8-10-13-38)52(39-17-23-43(64)24-18-39)40-19-25-45(26-20-40)70-29-27-62(6)50(66)14-11-28-69-30-31-71-49-33-48(72-61-49)51(36(2)3)55(67)63-34-44(65)32-47(63)54-59-56(68)57(5,60-54)42-21-15-41(16-22-42)53-37(4)58-35-73-53/h8-10,12-13,15-26,33,35-36,44,47,51,64-65H,7,11,14,27-32,34H2,1-6H3,(H,59,60,68)/b52-46+/t44-,47-,51+,57-/m1/s1. The first kappa shape index (κ1) is 52.2. The number of β-amino-alcohol motifs (C(OH)–C–C–N with tert-alkyl or cyclic N) is 1. The van der Waals surface area contributed by atoms with E-state index >= 15 is 0 Å². The molecule has 0 unspecified atom stereocenters. The Hall–Kier alpha value is -7.14. The van der Waals surface area contributed by atoms with Gasteiger partial charge in [0.05, 0.1) is 41.4 Å². The predicted molar refractivity (Wildman–Crippen MR) is 281 cm³/mol. The van der Waals surface area contributed by atoms with Crippen molar-refractivity contribution in [2.75, 3.05) is 46.6 Å². The lowest BCUT2D eigenvalue weighted by molar-refractivity contribution is -0.134. The molecule has 382 valence electrons. The zero-order valence-corrected chi connectivity index (χ0v) is 43.1. The largest absolute Gasteiger partial charge is 0.508 e. The van der Waals surface area contributed by atoms with Gasteiger partial charge >= 0.3 is 0 Å². The second-order valence-electron chi connectivity index (χ2n) is 18.9. The van der Waals surface area contributed by atoms with Gasteiger partial charge in [0, 0.05) is 39.1 Å². The third kappa shape index (κ3) is 12.2. The number of aromatic nitrogens is 2. The van der Waals surface area contributed by atoms with Crippen LogP contribution in [0.1, 0.15) is 93.0 Å². The summed E-state index contributed by atoms with van der Waals surface area (Å²) in [7, 11) is 1.76. The monoisotopic (exact) mass is 1010 g/mol. The lowest BCUT2D eigenvalue weighted by Crippen LogP contribution is -2.48. The zero-order chi connectivity index (χ0) is 51.6. The lowest BCUT2D eigenvalue weighted by atomic mass is 9.88. The number of benzene rings is 4. The van der Waals surface area contributed by atoms with Gasteiger partial charge in [-0.05, 0) is 101 Å². The minimum Gasteiger partial charge on any atom is -0.508 e. The molecule has 2 aromatic heterocycles. The van der Waals surface area contributed by atoms with Crippen molar-refractivity contribution in [1.29, 1.82) is 0 Å². The normalized spacial score (nSPS) is 18.3. The number of rotatable bonds is 22. The molecule has 6 aromatic rings. The number of carbonyl (C=O) groups excluding carboxylic acids is 3. The number of ether oxygens (including phenoxy) is 3. The molecule has 0 aliphatic carbocycles. The molecule has 2 aliphatic rings. The molecule has 0 bridgehead atoms. The number of aromatic hydroxyl groups is 1. The maximum Gasteiger partial charge on any atom is 0.257 e. The highest BCUT2D eigenvalue weighted by Crippen LogP contribution is 2.38. The number of aliphatic hydroxyl groups is 1. The fourth-order valence-corrected chi connectivity index (χ4v) is 10.2. The van der Waals surface area contributed by atoms with Crippen LogP contribution in [0.2, 0.25) is 0 Å². The van der Waals surface area contributed by atoms with E-state index < -0.39 is 23.6 Å². The highest BCUT2D eigenvalue weighted by atomic mass is 32.1. The summed E-state index contributed by atoms with van der Waals surface area (Å²) in [5.74, 6) is 0.220. The Balaban J connectivity index is 0.767. The van der Waals surface area contributed by atoms with Crippen molar-refractivity contribution in [1.82, 2.24) is 25.3 Å². The Labute approximate surface area is 430 Å². The summed E-state index contributed by atoms with van der Waals surface area (Å²) in [5, 5.41) is 27.8. The SMILES string of the molecule is CC/C(=C(/c1ccc(O)cc1)c1ccc(OCCN(C)C(=O)CCCOCCOc2cc([C@@H](C(=O)N3C[C@H](O)C[C@@H]3C3=N[C@](C)(c4ccc(-c5scnc5C)cc4)C(=O)N3)C(C)C)on2)cc1)c1ccccc1. The number of likely N-dealkylation sites (tertiary alicyclic amines) is 1. The van der Waals surface area contributed by atoms with E-state index in [4.69, 9.17) is 23.7 Å². The number of thiazole rings is 1. The van der Waals surface area contributed by atoms with Crippen LogP contribution in [0, 0.1) is 12.8 Å². The topological polar surface area (TPSA) is 189 Å². The Morgan fingerprint density at radius 3 is 2.32 bits per heavy atom. The third-order valence-corrected chi connectivity index (χ3v) is 14.4. The van der Waals surface area contributed by atoms with Gasteiger partial charge in [0.15, 0.2) is 11.3 Å². The fourth-order valence-electron chi connectivity index (χ4n) is 9.43. The maximum atomic E-state index is 14.4. The first-order valence-corrected chi connectivity index (χ1v) is 25.7. The third-order valence-electron chi connectivity index (χ3n) is 13.5. The van der Waals surface area contributed by atoms with Gasteiger partial charge in [0.2, 0.25) is 11.8 Å². The molecule has 8 rings (SSSR count). The average Bonchev–Trinajstić information content (AvgIpc) is 4.20. The number of hydrogen-bond donors (Lipinski definition) is 3. The Morgan fingerprint density at radius 2 is 1.64 bits per heavy atom. The van der Waals surface area contributed by atoms with Crippen LogP contribution in [-0.2, 0) is 24.7 Å². The summed E-state index contributed by atoms with van der Waals surface area (Å²) < 4.78 is 23.3. The minimum atomic E-state index is -1.22. The van der Waals surface area contributed by atoms with Gasteiger partial charge in [-0.25, -0.2) is 9.98 Å². The van der Waals surface area contributed by atoms with Crippen LogP contribution < -0.4 is 14.8 Å². The number of phenolic OH excluding ortho intramolecular Hbond substituents is 1. The molecule has 73 heavy (non-hydrogen) atoms.